The maximum Gasteiger partial charge on any atom is 0.218 e. The van der Waals surface area contributed by atoms with E-state index in [2.05, 4.69) is 5.32 Å². The Morgan fingerprint density at radius 2 is 2.00 bits per heavy atom. The first-order valence-electron chi connectivity index (χ1n) is 6.71. The van der Waals surface area contributed by atoms with Gasteiger partial charge in [-0.2, -0.15) is 0 Å². The van der Waals surface area contributed by atoms with E-state index in [1.165, 1.54) is 9.87 Å². The van der Waals surface area contributed by atoms with Crippen molar-refractivity contribution in [3.8, 4) is 0 Å². The highest BCUT2D eigenvalue weighted by atomic mass is 32.2. The summed E-state index contributed by atoms with van der Waals surface area (Å²) in [5.41, 5.74) is 2.21. The second kappa shape index (κ2) is 6.03. The molecule has 1 aliphatic rings. The summed E-state index contributed by atoms with van der Waals surface area (Å²) >= 11 is 0. The van der Waals surface area contributed by atoms with Crippen LogP contribution in [0.15, 0.2) is 24.3 Å². The van der Waals surface area contributed by atoms with Gasteiger partial charge in [0.25, 0.3) is 0 Å². The lowest BCUT2D eigenvalue weighted by Crippen LogP contribution is -2.44. The molecule has 1 aliphatic heterocycles. The minimum atomic E-state index is -3.20. The molecule has 1 fully saturated rings. The van der Waals surface area contributed by atoms with Crippen molar-refractivity contribution in [3.05, 3.63) is 35.4 Å². The molecule has 4 nitrogen and oxygen atoms in total. The molecule has 1 atom stereocenters. The Hall–Kier alpha value is -0.910. The zero-order valence-electron chi connectivity index (χ0n) is 11.6. The molecule has 0 aliphatic carbocycles. The summed E-state index contributed by atoms with van der Waals surface area (Å²) in [5, 5.41) is 2.88. The largest absolute Gasteiger partial charge is 0.315 e. The molecule has 1 unspecified atom stereocenters. The van der Waals surface area contributed by atoms with Crippen LogP contribution in [0.5, 0.6) is 0 Å². The van der Waals surface area contributed by atoms with Gasteiger partial charge in [0.05, 0.1) is 5.25 Å². The molecule has 2 rings (SSSR count). The third-order valence-corrected chi connectivity index (χ3v) is 5.88. The van der Waals surface area contributed by atoms with Crippen molar-refractivity contribution in [2.24, 2.45) is 0 Å². The highest BCUT2D eigenvalue weighted by Crippen LogP contribution is 2.17. The summed E-state index contributed by atoms with van der Waals surface area (Å²) < 4.78 is 26.4. The second-order valence-corrected chi connectivity index (χ2v) is 7.57. The number of hydrogen-bond acceptors (Lipinski definition) is 3. The zero-order valence-corrected chi connectivity index (χ0v) is 12.4. The van der Waals surface area contributed by atoms with E-state index in [0.717, 1.165) is 24.9 Å². The van der Waals surface area contributed by atoms with Gasteiger partial charge >= 0.3 is 0 Å². The summed E-state index contributed by atoms with van der Waals surface area (Å²) in [7, 11) is -1.53. The molecule has 0 radical (unpaired) electrons. The fourth-order valence-electron chi connectivity index (χ4n) is 2.37. The summed E-state index contributed by atoms with van der Waals surface area (Å²) in [6, 6.07) is 8.00. The number of hydrogen-bond donors (Lipinski definition) is 1. The Kier molecular flexibility index (Phi) is 4.60. The van der Waals surface area contributed by atoms with Crippen molar-refractivity contribution < 1.29 is 8.42 Å². The molecule has 0 spiro atoms. The zero-order chi connectivity index (χ0) is 13.9. The lowest BCUT2D eigenvalue weighted by Gasteiger charge is -2.27. The van der Waals surface area contributed by atoms with Gasteiger partial charge < -0.3 is 5.32 Å². The van der Waals surface area contributed by atoms with Crippen LogP contribution >= 0.6 is 0 Å². The highest BCUT2D eigenvalue weighted by molar-refractivity contribution is 7.89. The standard InChI is InChI=1S/C14H22N2O2S/c1-12-5-7-13(8-6-12)11-16(2)19(17,18)14-4-3-9-15-10-14/h5-8,14-15H,3-4,9-11H2,1-2H3. The summed E-state index contributed by atoms with van der Waals surface area (Å²) in [4.78, 5) is 0. The Labute approximate surface area is 115 Å². The molecule has 5 heteroatoms. The van der Waals surface area contributed by atoms with Crippen LogP contribution in [-0.2, 0) is 16.6 Å². The van der Waals surface area contributed by atoms with Gasteiger partial charge in [-0.25, -0.2) is 12.7 Å². The van der Waals surface area contributed by atoms with E-state index >= 15 is 0 Å². The Balaban J connectivity index is 2.05. The summed E-state index contributed by atoms with van der Waals surface area (Å²) in [6.45, 7) is 3.96. The van der Waals surface area contributed by atoms with E-state index in [1.807, 2.05) is 31.2 Å². The van der Waals surface area contributed by atoms with Crippen LogP contribution in [0.3, 0.4) is 0 Å². The van der Waals surface area contributed by atoms with Crippen LogP contribution in [0.1, 0.15) is 24.0 Å². The van der Waals surface area contributed by atoms with Gasteiger partial charge in [-0.1, -0.05) is 29.8 Å². The smallest absolute Gasteiger partial charge is 0.218 e. The second-order valence-electron chi connectivity index (χ2n) is 5.25. The SMILES string of the molecule is Cc1ccc(CN(C)S(=O)(=O)C2CCCNC2)cc1. The van der Waals surface area contributed by atoms with Gasteiger partial charge in [0.15, 0.2) is 0 Å². The molecule has 1 heterocycles. The quantitative estimate of drug-likeness (QED) is 0.910. The molecule has 1 aromatic rings. The van der Waals surface area contributed by atoms with Crippen molar-refractivity contribution in [1.29, 1.82) is 0 Å². The molecule has 106 valence electrons. The fraction of sp³-hybridized carbons (Fsp3) is 0.571. The van der Waals surface area contributed by atoms with E-state index in [1.54, 1.807) is 7.05 Å². The van der Waals surface area contributed by atoms with Crippen LogP contribution in [0.25, 0.3) is 0 Å². The van der Waals surface area contributed by atoms with E-state index < -0.39 is 10.0 Å². The average molecular weight is 282 g/mol. The maximum atomic E-state index is 12.4. The molecule has 0 bridgehead atoms. The van der Waals surface area contributed by atoms with E-state index in [9.17, 15) is 8.42 Å². The molecular weight excluding hydrogens is 260 g/mol. The summed E-state index contributed by atoms with van der Waals surface area (Å²) in [5.74, 6) is 0. The first kappa shape index (κ1) is 14.5. The Morgan fingerprint density at radius 3 is 2.58 bits per heavy atom. The molecule has 0 aromatic heterocycles. The third kappa shape index (κ3) is 3.55. The molecule has 0 saturated carbocycles. The highest BCUT2D eigenvalue weighted by Gasteiger charge is 2.30. The van der Waals surface area contributed by atoms with E-state index in [4.69, 9.17) is 0 Å². The number of sulfonamides is 1. The van der Waals surface area contributed by atoms with Gasteiger partial charge in [-0.15, -0.1) is 0 Å². The molecular formula is C14H22N2O2S. The van der Waals surface area contributed by atoms with Crippen LogP contribution < -0.4 is 5.32 Å². The number of aryl methyl sites for hydroxylation is 1. The number of rotatable bonds is 4. The topological polar surface area (TPSA) is 49.4 Å². The Bertz CT molecular complexity index is 505. The van der Waals surface area contributed by atoms with Gasteiger partial charge in [-0.3, -0.25) is 0 Å². The monoisotopic (exact) mass is 282 g/mol. The van der Waals surface area contributed by atoms with Crippen molar-refractivity contribution in [2.45, 2.75) is 31.6 Å². The van der Waals surface area contributed by atoms with E-state index in [-0.39, 0.29) is 5.25 Å². The molecule has 0 amide bonds. The molecule has 1 N–H and O–H groups in total. The third-order valence-electron chi connectivity index (χ3n) is 3.63. The fourth-order valence-corrected chi connectivity index (χ4v) is 4.00. The average Bonchev–Trinajstić information content (AvgIpc) is 2.42. The lowest BCUT2D eigenvalue weighted by atomic mass is 10.1. The van der Waals surface area contributed by atoms with Crippen molar-refractivity contribution in [2.75, 3.05) is 20.1 Å². The summed E-state index contributed by atoms with van der Waals surface area (Å²) in [6.07, 6.45) is 1.69. The van der Waals surface area contributed by atoms with Gasteiger partial charge in [0.2, 0.25) is 10.0 Å². The van der Waals surface area contributed by atoms with Crippen molar-refractivity contribution >= 4 is 10.0 Å². The number of nitrogens with one attached hydrogen (secondary N) is 1. The van der Waals surface area contributed by atoms with Gasteiger partial charge in [0, 0.05) is 20.1 Å². The van der Waals surface area contributed by atoms with E-state index in [0.29, 0.717) is 13.1 Å². The molecule has 1 aromatic carbocycles. The number of piperidine rings is 1. The normalized spacial score (nSPS) is 20.7. The van der Waals surface area contributed by atoms with Gasteiger partial charge in [0.1, 0.15) is 0 Å². The van der Waals surface area contributed by atoms with Crippen LogP contribution in [0.2, 0.25) is 0 Å². The van der Waals surface area contributed by atoms with Crippen molar-refractivity contribution in [3.63, 3.8) is 0 Å². The predicted molar refractivity (Wildman–Crippen MR) is 77.5 cm³/mol. The Morgan fingerprint density at radius 1 is 1.32 bits per heavy atom. The number of nitrogens with zero attached hydrogens (tertiary/aromatic N) is 1. The first-order valence-corrected chi connectivity index (χ1v) is 8.22. The van der Waals surface area contributed by atoms with Crippen LogP contribution in [0.4, 0.5) is 0 Å². The minimum Gasteiger partial charge on any atom is -0.315 e. The van der Waals surface area contributed by atoms with Crippen LogP contribution in [0, 0.1) is 6.92 Å². The minimum absolute atomic E-state index is 0.281. The van der Waals surface area contributed by atoms with Gasteiger partial charge in [-0.05, 0) is 31.9 Å². The molecule has 19 heavy (non-hydrogen) atoms. The lowest BCUT2D eigenvalue weighted by molar-refractivity contribution is 0.429. The van der Waals surface area contributed by atoms with Crippen molar-refractivity contribution in [1.82, 2.24) is 9.62 Å². The molecule has 1 saturated heterocycles. The maximum absolute atomic E-state index is 12.4. The predicted octanol–water partition coefficient (Wildman–Crippen LogP) is 1.51. The number of benzene rings is 1. The van der Waals surface area contributed by atoms with Crippen LogP contribution in [-0.4, -0.2) is 38.1 Å². The first-order chi connectivity index (χ1) is 9.00.